The Morgan fingerprint density at radius 1 is 1.53 bits per heavy atom. The molecule has 0 radical (unpaired) electrons. The van der Waals surface area contributed by atoms with Crippen LogP contribution in [-0.2, 0) is 19.1 Å². The fourth-order valence-corrected chi connectivity index (χ4v) is 3.51. The first-order valence-electron chi connectivity index (χ1n) is 6.52. The molecule has 0 spiro atoms. The molecule has 1 heterocycles. The minimum atomic E-state index is -0.215. The maximum Gasteiger partial charge on any atom is 0.313 e. The van der Waals surface area contributed by atoms with E-state index >= 15 is 0 Å². The van der Waals surface area contributed by atoms with Crippen molar-refractivity contribution < 1.29 is 19.1 Å². The molecular formula is C13H18O4. The lowest BCUT2D eigenvalue weighted by molar-refractivity contribution is -0.160. The van der Waals surface area contributed by atoms with E-state index in [1.807, 2.05) is 13.8 Å². The molecule has 0 aromatic carbocycles. The van der Waals surface area contributed by atoms with Crippen LogP contribution < -0.4 is 0 Å². The molecule has 0 N–H and O–H groups in total. The third kappa shape index (κ3) is 1.49. The largest absolute Gasteiger partial charge is 0.462 e. The van der Waals surface area contributed by atoms with Gasteiger partial charge in [0, 0.05) is 11.8 Å². The predicted octanol–water partition coefficient (Wildman–Crippen LogP) is 1.53. The van der Waals surface area contributed by atoms with Gasteiger partial charge in [0.25, 0.3) is 0 Å². The maximum absolute atomic E-state index is 11.8. The Bertz CT molecular complexity index is 362. The molecule has 0 aromatic heterocycles. The first kappa shape index (κ1) is 11.1. The summed E-state index contributed by atoms with van der Waals surface area (Å²) in [6, 6.07) is 0. The van der Waals surface area contributed by atoms with Gasteiger partial charge in [0.15, 0.2) is 0 Å². The summed E-state index contributed by atoms with van der Waals surface area (Å²) in [6.07, 6.45) is 2.53. The topological polar surface area (TPSA) is 52.6 Å². The van der Waals surface area contributed by atoms with Gasteiger partial charge in [-0.1, -0.05) is 13.8 Å². The summed E-state index contributed by atoms with van der Waals surface area (Å²) < 4.78 is 10.9. The van der Waals surface area contributed by atoms with Gasteiger partial charge in [0.1, 0.15) is 18.1 Å². The lowest BCUT2D eigenvalue weighted by atomic mass is 9.87. The van der Waals surface area contributed by atoms with Gasteiger partial charge in [-0.25, -0.2) is 0 Å². The van der Waals surface area contributed by atoms with Crippen molar-refractivity contribution in [2.45, 2.75) is 45.3 Å². The van der Waals surface area contributed by atoms with Crippen molar-refractivity contribution in [3.63, 3.8) is 0 Å². The first-order chi connectivity index (χ1) is 8.11. The van der Waals surface area contributed by atoms with E-state index in [1.165, 1.54) is 0 Å². The number of ether oxygens (including phenoxy) is 2. The molecule has 3 fully saturated rings. The van der Waals surface area contributed by atoms with Crippen LogP contribution in [0.2, 0.25) is 0 Å². The number of carbonyl (C=O) groups is 2. The fraction of sp³-hybridized carbons (Fsp3) is 0.846. The van der Waals surface area contributed by atoms with E-state index in [2.05, 4.69) is 0 Å². The summed E-state index contributed by atoms with van der Waals surface area (Å²) in [6.45, 7) is 3.83. The van der Waals surface area contributed by atoms with Gasteiger partial charge in [-0.2, -0.15) is 0 Å². The zero-order valence-corrected chi connectivity index (χ0v) is 10.2. The van der Waals surface area contributed by atoms with Crippen LogP contribution in [0.5, 0.6) is 0 Å². The van der Waals surface area contributed by atoms with Crippen LogP contribution in [0, 0.1) is 23.7 Å². The molecule has 2 aliphatic carbocycles. The molecule has 2 bridgehead atoms. The summed E-state index contributed by atoms with van der Waals surface area (Å²) in [4.78, 5) is 23.5. The van der Waals surface area contributed by atoms with Crippen LogP contribution in [0.3, 0.4) is 0 Å². The molecule has 6 unspecified atom stereocenters. The number of rotatable bonds is 3. The van der Waals surface area contributed by atoms with Gasteiger partial charge in [-0.3, -0.25) is 9.59 Å². The van der Waals surface area contributed by atoms with Crippen LogP contribution in [-0.4, -0.2) is 24.1 Å². The number of esters is 2. The van der Waals surface area contributed by atoms with Crippen molar-refractivity contribution in [1.29, 1.82) is 0 Å². The molecule has 2 saturated carbocycles. The lowest BCUT2D eigenvalue weighted by Gasteiger charge is -2.25. The quantitative estimate of drug-likeness (QED) is 0.700. The van der Waals surface area contributed by atoms with E-state index in [-0.39, 0.29) is 36.0 Å². The van der Waals surface area contributed by atoms with Crippen LogP contribution >= 0.6 is 0 Å². The second-order valence-electron chi connectivity index (χ2n) is 5.61. The molecule has 94 valence electrons. The summed E-state index contributed by atoms with van der Waals surface area (Å²) in [7, 11) is 0. The van der Waals surface area contributed by atoms with Crippen molar-refractivity contribution in [3.8, 4) is 0 Å². The van der Waals surface area contributed by atoms with Gasteiger partial charge >= 0.3 is 11.9 Å². The third-order valence-corrected chi connectivity index (χ3v) is 4.67. The molecule has 6 atom stereocenters. The highest BCUT2D eigenvalue weighted by Crippen LogP contribution is 2.55. The van der Waals surface area contributed by atoms with E-state index < -0.39 is 0 Å². The van der Waals surface area contributed by atoms with E-state index in [0.29, 0.717) is 11.8 Å². The number of hydrogen-bond donors (Lipinski definition) is 0. The number of carbonyl (C=O) groups excluding carboxylic acids is 2. The standard InChI is InChI=1S/C13H18O4/c1-3-6(2)12(14)17-11-7-4-8-9(5-7)16-13(15)10(8)11/h6-11H,3-5H2,1-2H3. The molecule has 1 saturated heterocycles. The Morgan fingerprint density at radius 2 is 2.29 bits per heavy atom. The summed E-state index contributed by atoms with van der Waals surface area (Å²) >= 11 is 0. The normalized spacial score (nSPS) is 43.6. The van der Waals surface area contributed by atoms with Crippen LogP contribution in [0.4, 0.5) is 0 Å². The summed E-state index contributed by atoms with van der Waals surface area (Å²) in [5.74, 6) is 0.0778. The van der Waals surface area contributed by atoms with Crippen molar-refractivity contribution in [2.75, 3.05) is 0 Å². The van der Waals surface area contributed by atoms with Gasteiger partial charge in [0.2, 0.25) is 0 Å². The van der Waals surface area contributed by atoms with Crippen molar-refractivity contribution in [3.05, 3.63) is 0 Å². The minimum absolute atomic E-state index is 0.0812. The molecule has 0 amide bonds. The number of fused-ring (bicyclic) bond motifs is 1. The maximum atomic E-state index is 11.8. The Balaban J connectivity index is 1.73. The molecule has 4 heteroatoms. The Morgan fingerprint density at radius 3 is 3.00 bits per heavy atom. The second kappa shape index (κ2) is 3.72. The Hall–Kier alpha value is -1.06. The van der Waals surface area contributed by atoms with Gasteiger partial charge < -0.3 is 9.47 Å². The van der Waals surface area contributed by atoms with E-state index in [4.69, 9.17) is 9.47 Å². The highest BCUT2D eigenvalue weighted by molar-refractivity contribution is 5.79. The van der Waals surface area contributed by atoms with Gasteiger partial charge in [0.05, 0.1) is 5.92 Å². The van der Waals surface area contributed by atoms with E-state index in [0.717, 1.165) is 19.3 Å². The zero-order chi connectivity index (χ0) is 12.2. The Labute approximate surface area is 101 Å². The molecule has 0 aromatic rings. The lowest BCUT2D eigenvalue weighted by Crippen LogP contribution is -2.36. The van der Waals surface area contributed by atoms with Crippen LogP contribution in [0.15, 0.2) is 0 Å². The smallest absolute Gasteiger partial charge is 0.313 e. The second-order valence-corrected chi connectivity index (χ2v) is 5.61. The minimum Gasteiger partial charge on any atom is -0.462 e. The highest BCUT2D eigenvalue weighted by atomic mass is 16.6. The van der Waals surface area contributed by atoms with Crippen LogP contribution in [0.25, 0.3) is 0 Å². The number of hydrogen-bond acceptors (Lipinski definition) is 4. The average molecular weight is 238 g/mol. The van der Waals surface area contributed by atoms with Crippen molar-refractivity contribution in [2.24, 2.45) is 23.7 Å². The predicted molar refractivity (Wildman–Crippen MR) is 58.9 cm³/mol. The summed E-state index contributed by atoms with van der Waals surface area (Å²) in [5, 5.41) is 0. The van der Waals surface area contributed by atoms with Crippen molar-refractivity contribution in [1.82, 2.24) is 0 Å². The molecule has 1 aliphatic heterocycles. The summed E-state index contributed by atoms with van der Waals surface area (Å²) in [5.41, 5.74) is 0. The Kier molecular flexibility index (Phi) is 2.42. The van der Waals surface area contributed by atoms with Crippen LogP contribution in [0.1, 0.15) is 33.1 Å². The molecule has 3 aliphatic rings. The SMILES string of the molecule is CCC(C)C(=O)OC1C2CC3OC(=O)C1C3C2. The average Bonchev–Trinajstić information content (AvgIpc) is 2.89. The fourth-order valence-electron chi connectivity index (χ4n) is 3.51. The van der Waals surface area contributed by atoms with E-state index in [1.54, 1.807) is 0 Å². The van der Waals surface area contributed by atoms with Crippen molar-refractivity contribution >= 4 is 11.9 Å². The molecular weight excluding hydrogens is 220 g/mol. The molecule has 3 rings (SSSR count). The van der Waals surface area contributed by atoms with Gasteiger partial charge in [-0.05, 0) is 19.3 Å². The highest BCUT2D eigenvalue weighted by Gasteiger charge is 2.63. The zero-order valence-electron chi connectivity index (χ0n) is 10.2. The molecule has 4 nitrogen and oxygen atoms in total. The van der Waals surface area contributed by atoms with E-state index in [9.17, 15) is 9.59 Å². The third-order valence-electron chi connectivity index (χ3n) is 4.67. The van der Waals surface area contributed by atoms with Gasteiger partial charge in [-0.15, -0.1) is 0 Å². The first-order valence-corrected chi connectivity index (χ1v) is 6.52. The monoisotopic (exact) mass is 238 g/mol. The molecule has 17 heavy (non-hydrogen) atoms.